The summed E-state index contributed by atoms with van der Waals surface area (Å²) in [6, 6.07) is 5.36. The first-order chi connectivity index (χ1) is 9.58. The molecule has 0 bridgehead atoms. The quantitative estimate of drug-likeness (QED) is 0.885. The number of halogens is 2. The molecule has 0 amide bonds. The Morgan fingerprint density at radius 2 is 2.25 bits per heavy atom. The number of nitrogens with two attached hydrogens (primary N) is 1. The molecule has 108 valence electrons. The second kappa shape index (κ2) is 6.61. The van der Waals surface area contributed by atoms with E-state index in [0.29, 0.717) is 10.8 Å². The molecule has 0 aliphatic carbocycles. The lowest BCUT2D eigenvalue weighted by Gasteiger charge is -2.16. The molecule has 1 atom stereocenters. The van der Waals surface area contributed by atoms with Gasteiger partial charge < -0.3 is 10.5 Å². The number of rotatable bonds is 5. The fraction of sp³-hybridized carbons (Fsp3) is 0.357. The van der Waals surface area contributed by atoms with Gasteiger partial charge in [-0.1, -0.05) is 24.6 Å². The summed E-state index contributed by atoms with van der Waals surface area (Å²) in [6.45, 7) is 2.91. The summed E-state index contributed by atoms with van der Waals surface area (Å²) in [4.78, 5) is 0. The standard InChI is InChI=1S/C14H17BrClN3O/c1-3-6-19-14(12(20-2)8-18-19)13(17)9-4-5-11(16)10(15)7-9/h4-5,7-8,13H,3,6,17H2,1-2H3. The summed E-state index contributed by atoms with van der Waals surface area (Å²) in [5.74, 6) is 0.706. The predicted octanol–water partition coefficient (Wildman–Crippen LogP) is 3.77. The van der Waals surface area contributed by atoms with E-state index < -0.39 is 0 Å². The van der Waals surface area contributed by atoms with Crippen LogP contribution in [0.4, 0.5) is 0 Å². The van der Waals surface area contributed by atoms with E-state index in [9.17, 15) is 0 Å². The minimum Gasteiger partial charge on any atom is -0.493 e. The first-order valence-electron chi connectivity index (χ1n) is 6.38. The first kappa shape index (κ1) is 15.4. The number of aromatic nitrogens is 2. The van der Waals surface area contributed by atoms with E-state index >= 15 is 0 Å². The molecule has 0 radical (unpaired) electrons. The number of ether oxygens (including phenoxy) is 1. The van der Waals surface area contributed by atoms with Gasteiger partial charge in [-0.05, 0) is 40.0 Å². The van der Waals surface area contributed by atoms with Gasteiger partial charge >= 0.3 is 0 Å². The molecule has 1 unspecified atom stereocenters. The molecular weight excluding hydrogens is 342 g/mol. The lowest BCUT2D eigenvalue weighted by Crippen LogP contribution is -2.18. The van der Waals surface area contributed by atoms with Gasteiger partial charge in [0.15, 0.2) is 5.75 Å². The van der Waals surface area contributed by atoms with Crippen molar-refractivity contribution in [3.63, 3.8) is 0 Å². The highest BCUT2D eigenvalue weighted by molar-refractivity contribution is 9.10. The highest BCUT2D eigenvalue weighted by Gasteiger charge is 2.20. The Kier molecular flexibility index (Phi) is 5.07. The molecule has 1 aromatic heterocycles. The van der Waals surface area contributed by atoms with Gasteiger partial charge in [-0.25, -0.2) is 0 Å². The van der Waals surface area contributed by atoms with Gasteiger partial charge in [-0.2, -0.15) is 5.10 Å². The molecule has 20 heavy (non-hydrogen) atoms. The average Bonchev–Trinajstić information content (AvgIpc) is 2.84. The number of benzene rings is 1. The van der Waals surface area contributed by atoms with Gasteiger partial charge in [0.05, 0.1) is 24.4 Å². The van der Waals surface area contributed by atoms with Crippen LogP contribution in [0.15, 0.2) is 28.9 Å². The van der Waals surface area contributed by atoms with Crippen molar-refractivity contribution in [1.29, 1.82) is 0 Å². The third-order valence-corrected chi connectivity index (χ3v) is 4.31. The van der Waals surface area contributed by atoms with E-state index in [2.05, 4.69) is 28.0 Å². The van der Waals surface area contributed by atoms with Crippen molar-refractivity contribution in [2.75, 3.05) is 7.11 Å². The molecule has 2 N–H and O–H groups in total. The fourth-order valence-corrected chi connectivity index (χ4v) is 2.62. The third-order valence-electron chi connectivity index (χ3n) is 3.10. The van der Waals surface area contributed by atoms with Crippen LogP contribution in [-0.2, 0) is 6.54 Å². The van der Waals surface area contributed by atoms with Crippen LogP contribution in [0, 0.1) is 0 Å². The van der Waals surface area contributed by atoms with E-state index in [1.54, 1.807) is 13.3 Å². The normalized spacial score (nSPS) is 12.4. The molecule has 1 heterocycles. The number of nitrogens with zero attached hydrogens (tertiary/aromatic N) is 2. The molecule has 4 nitrogen and oxygen atoms in total. The zero-order chi connectivity index (χ0) is 14.7. The topological polar surface area (TPSA) is 53.1 Å². The summed E-state index contributed by atoms with van der Waals surface area (Å²) in [6.07, 6.45) is 2.69. The molecule has 6 heteroatoms. The van der Waals surface area contributed by atoms with E-state index in [4.69, 9.17) is 22.1 Å². The van der Waals surface area contributed by atoms with Crippen molar-refractivity contribution in [2.45, 2.75) is 25.9 Å². The maximum Gasteiger partial charge on any atom is 0.161 e. The molecule has 0 fully saturated rings. The maximum absolute atomic E-state index is 6.38. The smallest absolute Gasteiger partial charge is 0.161 e. The van der Waals surface area contributed by atoms with Crippen molar-refractivity contribution in [3.05, 3.63) is 45.1 Å². The van der Waals surface area contributed by atoms with Crippen molar-refractivity contribution in [2.24, 2.45) is 5.73 Å². The summed E-state index contributed by atoms with van der Waals surface area (Å²) in [5.41, 5.74) is 8.22. The number of hydrogen-bond acceptors (Lipinski definition) is 3. The van der Waals surface area contributed by atoms with Crippen LogP contribution in [0.1, 0.15) is 30.6 Å². The SMILES string of the molecule is CCCn1ncc(OC)c1C(N)c1ccc(Cl)c(Br)c1. The van der Waals surface area contributed by atoms with Crippen LogP contribution >= 0.6 is 27.5 Å². The number of aryl methyl sites for hydroxylation is 1. The van der Waals surface area contributed by atoms with E-state index in [1.165, 1.54) is 0 Å². The summed E-state index contributed by atoms with van der Waals surface area (Å²) in [5, 5.41) is 5.00. The monoisotopic (exact) mass is 357 g/mol. The molecule has 2 aromatic rings. The van der Waals surface area contributed by atoms with Crippen molar-refractivity contribution in [1.82, 2.24) is 9.78 Å². The third kappa shape index (κ3) is 3.00. The van der Waals surface area contributed by atoms with E-state index in [0.717, 1.165) is 28.7 Å². The molecule has 0 saturated carbocycles. The molecular formula is C14H17BrClN3O. The van der Waals surface area contributed by atoms with E-state index in [1.807, 2.05) is 22.9 Å². The summed E-state index contributed by atoms with van der Waals surface area (Å²) in [7, 11) is 1.63. The maximum atomic E-state index is 6.38. The Balaban J connectivity index is 2.43. The Bertz CT molecular complexity index is 600. The Hall–Kier alpha value is -1.04. The average molecular weight is 359 g/mol. The molecule has 0 saturated heterocycles. The zero-order valence-electron chi connectivity index (χ0n) is 11.4. The van der Waals surface area contributed by atoms with Crippen LogP contribution in [0.25, 0.3) is 0 Å². The second-order valence-corrected chi connectivity index (χ2v) is 5.73. The Morgan fingerprint density at radius 3 is 2.85 bits per heavy atom. The van der Waals surface area contributed by atoms with E-state index in [-0.39, 0.29) is 6.04 Å². The van der Waals surface area contributed by atoms with Gasteiger partial charge in [0.25, 0.3) is 0 Å². The minimum absolute atomic E-state index is 0.312. The van der Waals surface area contributed by atoms with Crippen molar-refractivity contribution in [3.8, 4) is 5.75 Å². The highest BCUT2D eigenvalue weighted by Crippen LogP contribution is 2.31. The number of hydrogen-bond donors (Lipinski definition) is 1. The van der Waals surface area contributed by atoms with Gasteiger partial charge in [0.1, 0.15) is 5.69 Å². The predicted molar refractivity (Wildman–Crippen MR) is 84.3 cm³/mol. The molecule has 0 spiro atoms. The zero-order valence-corrected chi connectivity index (χ0v) is 13.8. The van der Waals surface area contributed by atoms with Crippen LogP contribution in [-0.4, -0.2) is 16.9 Å². The van der Waals surface area contributed by atoms with Crippen molar-refractivity contribution < 1.29 is 4.74 Å². The minimum atomic E-state index is -0.312. The van der Waals surface area contributed by atoms with Gasteiger partial charge in [0, 0.05) is 11.0 Å². The Morgan fingerprint density at radius 1 is 1.50 bits per heavy atom. The molecule has 0 aliphatic rings. The molecule has 1 aromatic carbocycles. The Labute approximate surface area is 132 Å². The van der Waals surface area contributed by atoms with Gasteiger partial charge in [-0.15, -0.1) is 0 Å². The second-order valence-electron chi connectivity index (χ2n) is 4.47. The van der Waals surface area contributed by atoms with Gasteiger partial charge in [-0.3, -0.25) is 4.68 Å². The summed E-state index contributed by atoms with van der Waals surface area (Å²) >= 11 is 9.44. The largest absolute Gasteiger partial charge is 0.493 e. The number of methoxy groups -OCH3 is 1. The molecule has 0 aliphatic heterocycles. The fourth-order valence-electron chi connectivity index (χ4n) is 2.10. The van der Waals surface area contributed by atoms with Crippen LogP contribution in [0.3, 0.4) is 0 Å². The molecule has 2 rings (SSSR count). The highest BCUT2D eigenvalue weighted by atomic mass is 79.9. The van der Waals surface area contributed by atoms with Crippen LogP contribution < -0.4 is 10.5 Å². The lowest BCUT2D eigenvalue weighted by molar-refractivity contribution is 0.404. The summed E-state index contributed by atoms with van der Waals surface area (Å²) < 4.78 is 8.09. The van der Waals surface area contributed by atoms with Crippen LogP contribution in [0.2, 0.25) is 5.02 Å². The first-order valence-corrected chi connectivity index (χ1v) is 7.55. The van der Waals surface area contributed by atoms with Gasteiger partial charge in [0.2, 0.25) is 0 Å². The lowest BCUT2D eigenvalue weighted by atomic mass is 10.0. The van der Waals surface area contributed by atoms with Crippen LogP contribution in [0.5, 0.6) is 5.75 Å². The van der Waals surface area contributed by atoms with Crippen molar-refractivity contribution >= 4 is 27.5 Å².